The van der Waals surface area contributed by atoms with Crippen molar-refractivity contribution >= 4 is 28.2 Å². The lowest BCUT2D eigenvalue weighted by Crippen LogP contribution is -2.23. The first kappa shape index (κ1) is 18.3. The number of anilines is 1. The van der Waals surface area contributed by atoms with E-state index in [4.69, 9.17) is 9.15 Å². The fourth-order valence-corrected chi connectivity index (χ4v) is 3.97. The van der Waals surface area contributed by atoms with Crippen molar-refractivity contribution < 1.29 is 18.7 Å². The average Bonchev–Trinajstić information content (AvgIpc) is 3.38. The number of nitrogens with zero attached hydrogens (tertiary/aromatic N) is 1. The number of thiazole rings is 1. The minimum Gasteiger partial charge on any atom is -0.463 e. The van der Waals surface area contributed by atoms with Gasteiger partial charge < -0.3 is 14.1 Å². The van der Waals surface area contributed by atoms with Crippen LogP contribution in [0.4, 0.5) is 5.13 Å². The summed E-state index contributed by atoms with van der Waals surface area (Å²) in [6.07, 6.45) is 4.16. The van der Waals surface area contributed by atoms with E-state index in [1.54, 1.807) is 12.1 Å². The van der Waals surface area contributed by atoms with Crippen LogP contribution in [0.2, 0.25) is 0 Å². The van der Waals surface area contributed by atoms with E-state index < -0.39 is 5.91 Å². The van der Waals surface area contributed by atoms with Crippen LogP contribution in [0.25, 0.3) is 11.5 Å². The molecule has 0 saturated carbocycles. The molecule has 4 heterocycles. The highest BCUT2D eigenvalue weighted by atomic mass is 32.1. The molecule has 1 aliphatic heterocycles. The first-order valence-electron chi connectivity index (χ1n) is 8.78. The number of Topliss-reactive ketones (excluding diaryl/α,β-unsaturated/α-hetero) is 1. The van der Waals surface area contributed by atoms with Gasteiger partial charge in [-0.25, -0.2) is 4.98 Å². The number of rotatable bonds is 5. The molecule has 4 rings (SSSR count). The van der Waals surface area contributed by atoms with Gasteiger partial charge in [-0.1, -0.05) is 11.3 Å². The molecule has 0 bridgehead atoms. The van der Waals surface area contributed by atoms with Gasteiger partial charge in [0.1, 0.15) is 10.6 Å². The molecule has 2 N–H and O–H groups in total. The number of pyridine rings is 1. The normalized spacial score (nSPS) is 14.7. The molecule has 0 aliphatic carbocycles. The van der Waals surface area contributed by atoms with Gasteiger partial charge in [-0.05, 0) is 31.0 Å². The Kier molecular flexibility index (Phi) is 5.18. The molecule has 0 unspecified atom stereocenters. The number of hydrogen-bond acceptors (Lipinski definition) is 7. The minimum atomic E-state index is -0.430. The zero-order chi connectivity index (χ0) is 19.5. The molecule has 1 aliphatic rings. The second-order valence-electron chi connectivity index (χ2n) is 6.32. The van der Waals surface area contributed by atoms with Crippen molar-refractivity contribution in [1.82, 2.24) is 9.97 Å². The van der Waals surface area contributed by atoms with Crippen LogP contribution in [-0.2, 0) is 4.74 Å². The van der Waals surface area contributed by atoms with Crippen molar-refractivity contribution in [3.05, 3.63) is 57.5 Å². The molecule has 0 aromatic carbocycles. The molecular formula is C19H17N3O5S. The molecule has 3 aromatic rings. The number of H-pyrrole nitrogens is 1. The van der Waals surface area contributed by atoms with Gasteiger partial charge in [-0.2, -0.15) is 0 Å². The Hall–Kier alpha value is -3.04. The minimum absolute atomic E-state index is 0.0169. The topological polar surface area (TPSA) is 114 Å². The quantitative estimate of drug-likeness (QED) is 0.638. The number of ketones is 1. The molecule has 28 heavy (non-hydrogen) atoms. The maximum atomic E-state index is 13.0. The molecule has 0 atom stereocenters. The lowest BCUT2D eigenvalue weighted by Gasteiger charge is -2.20. The fraction of sp³-hybridized carbons (Fsp3) is 0.263. The van der Waals surface area contributed by atoms with Crippen LogP contribution < -0.4 is 10.9 Å². The van der Waals surface area contributed by atoms with E-state index in [1.165, 1.54) is 24.6 Å². The molecule has 0 radical (unpaired) electrons. The van der Waals surface area contributed by atoms with Crippen molar-refractivity contribution in [1.29, 1.82) is 0 Å². The molecule has 0 spiro atoms. The Bertz CT molecular complexity index is 1030. The summed E-state index contributed by atoms with van der Waals surface area (Å²) < 4.78 is 10.8. The van der Waals surface area contributed by atoms with Crippen LogP contribution >= 0.6 is 11.3 Å². The van der Waals surface area contributed by atoms with Crippen LogP contribution in [0.3, 0.4) is 0 Å². The van der Waals surface area contributed by atoms with Crippen LogP contribution in [-0.4, -0.2) is 34.9 Å². The summed E-state index contributed by atoms with van der Waals surface area (Å²) >= 11 is 1.12. The van der Waals surface area contributed by atoms with Crippen LogP contribution in [0.5, 0.6) is 0 Å². The summed E-state index contributed by atoms with van der Waals surface area (Å²) in [7, 11) is 0. The third-order valence-corrected chi connectivity index (χ3v) is 5.45. The van der Waals surface area contributed by atoms with E-state index in [0.717, 1.165) is 11.3 Å². The number of furan rings is 1. The summed E-state index contributed by atoms with van der Waals surface area (Å²) in [6.45, 7) is 1.11. The Morgan fingerprint density at radius 1 is 1.21 bits per heavy atom. The molecule has 144 valence electrons. The summed E-state index contributed by atoms with van der Waals surface area (Å²) in [5.74, 6) is -0.111. The zero-order valence-corrected chi connectivity index (χ0v) is 15.6. The summed E-state index contributed by atoms with van der Waals surface area (Å²) in [6, 6.07) is 6.13. The summed E-state index contributed by atoms with van der Waals surface area (Å²) in [5.41, 5.74) is 0.408. The lowest BCUT2D eigenvalue weighted by molar-refractivity contribution is 0.0547. The SMILES string of the molecule is O=C(Nc1nc(-c2ccco2)c(C(=O)C2CCOCC2)s1)c1ccc(=O)[nH]c1. The van der Waals surface area contributed by atoms with E-state index in [1.807, 2.05) is 0 Å². The predicted molar refractivity (Wildman–Crippen MR) is 103 cm³/mol. The van der Waals surface area contributed by atoms with Gasteiger partial charge in [-0.15, -0.1) is 0 Å². The lowest BCUT2D eigenvalue weighted by atomic mass is 9.94. The van der Waals surface area contributed by atoms with E-state index >= 15 is 0 Å². The number of aromatic nitrogens is 2. The number of nitrogens with one attached hydrogen (secondary N) is 2. The average molecular weight is 399 g/mol. The van der Waals surface area contributed by atoms with Gasteiger partial charge in [0.05, 0.1) is 11.8 Å². The number of aromatic amines is 1. The molecule has 8 nitrogen and oxygen atoms in total. The Morgan fingerprint density at radius 2 is 2.04 bits per heavy atom. The molecule has 1 amide bonds. The van der Waals surface area contributed by atoms with Gasteiger partial charge in [0, 0.05) is 31.4 Å². The Morgan fingerprint density at radius 3 is 2.71 bits per heavy atom. The number of hydrogen-bond donors (Lipinski definition) is 2. The van der Waals surface area contributed by atoms with E-state index in [9.17, 15) is 14.4 Å². The van der Waals surface area contributed by atoms with Crippen LogP contribution in [0, 0.1) is 5.92 Å². The van der Waals surface area contributed by atoms with E-state index in [0.29, 0.717) is 42.4 Å². The second kappa shape index (κ2) is 7.91. The highest BCUT2D eigenvalue weighted by molar-refractivity contribution is 7.18. The van der Waals surface area contributed by atoms with Gasteiger partial charge in [0.15, 0.2) is 16.7 Å². The standard InChI is InChI=1S/C19H17N3O5S/c23-14-4-3-12(10-20-14)18(25)22-19-21-15(13-2-1-7-27-13)17(28-19)16(24)11-5-8-26-9-6-11/h1-4,7,10-11H,5-6,8-9H2,(H,20,23)(H,21,22,25). The van der Waals surface area contributed by atoms with Crippen LogP contribution in [0.15, 0.2) is 45.9 Å². The third-order valence-electron chi connectivity index (χ3n) is 4.46. The second-order valence-corrected chi connectivity index (χ2v) is 7.32. The summed E-state index contributed by atoms with van der Waals surface area (Å²) in [5, 5.41) is 2.98. The van der Waals surface area contributed by atoms with Gasteiger partial charge in [-0.3, -0.25) is 19.7 Å². The van der Waals surface area contributed by atoms with Crippen molar-refractivity contribution in [3.8, 4) is 11.5 Å². The molecule has 1 saturated heterocycles. The Balaban J connectivity index is 1.63. The maximum absolute atomic E-state index is 13.0. The number of carbonyl (C=O) groups excluding carboxylic acids is 2. The third kappa shape index (κ3) is 3.80. The van der Waals surface area contributed by atoms with E-state index in [-0.39, 0.29) is 28.0 Å². The number of carbonyl (C=O) groups is 2. The molecule has 1 fully saturated rings. The molecule has 9 heteroatoms. The molecular weight excluding hydrogens is 382 g/mol. The highest BCUT2D eigenvalue weighted by Crippen LogP contribution is 2.35. The van der Waals surface area contributed by atoms with Crippen molar-refractivity contribution in [2.24, 2.45) is 5.92 Å². The van der Waals surface area contributed by atoms with Crippen molar-refractivity contribution in [2.75, 3.05) is 18.5 Å². The van der Waals surface area contributed by atoms with Crippen molar-refractivity contribution in [2.45, 2.75) is 12.8 Å². The number of ether oxygens (including phenoxy) is 1. The van der Waals surface area contributed by atoms with Gasteiger partial charge >= 0.3 is 0 Å². The predicted octanol–water partition coefficient (Wildman–Crippen LogP) is 2.95. The van der Waals surface area contributed by atoms with Crippen LogP contribution in [0.1, 0.15) is 32.9 Å². The largest absolute Gasteiger partial charge is 0.463 e. The smallest absolute Gasteiger partial charge is 0.258 e. The van der Waals surface area contributed by atoms with Crippen molar-refractivity contribution in [3.63, 3.8) is 0 Å². The van der Waals surface area contributed by atoms with Gasteiger partial charge in [0.25, 0.3) is 5.91 Å². The Labute approximate surface area is 163 Å². The fourth-order valence-electron chi connectivity index (χ4n) is 2.99. The first-order chi connectivity index (χ1) is 13.6. The van der Waals surface area contributed by atoms with E-state index in [2.05, 4.69) is 15.3 Å². The van der Waals surface area contributed by atoms with Gasteiger partial charge in [0.2, 0.25) is 5.56 Å². The first-order valence-corrected chi connectivity index (χ1v) is 9.60. The maximum Gasteiger partial charge on any atom is 0.258 e. The molecule has 3 aromatic heterocycles. The summed E-state index contributed by atoms with van der Waals surface area (Å²) in [4.78, 5) is 43.9. The highest BCUT2D eigenvalue weighted by Gasteiger charge is 2.29. The number of amides is 1. The monoisotopic (exact) mass is 399 g/mol. The zero-order valence-electron chi connectivity index (χ0n) is 14.8.